The molecule has 11 aliphatic rings. The van der Waals surface area contributed by atoms with Crippen LogP contribution in [0.5, 0.6) is 0 Å². The number of hydrogen-bond donors (Lipinski definition) is 3. The zero-order chi connectivity index (χ0) is 105. The van der Waals surface area contributed by atoms with E-state index in [-0.39, 0.29) is 0 Å². The minimum absolute atomic E-state index is 0.550. The van der Waals surface area contributed by atoms with Crippen LogP contribution in [-0.2, 0) is 26.1 Å². The maximum atomic E-state index is 4.24. The van der Waals surface area contributed by atoms with Gasteiger partial charge in [-0.15, -0.1) is 0 Å². The SMILES string of the molecule is C1=CNc2ccccc2C=N1.C1=CNc2ccccc2N=C1.C1=Cc2ccccc2C=NN1.C1=Cc2ccccc2CN=N1.C1=NC=NCc2ccccc21.C1=NCC=Nc2ccccc21.C1=NCN=Cc2ccccc21.C1=NCc2ccccc2N=C1.C1=NN=Cc2ccccc2C1.C1=Nc2ccccc2N=CC1.C1=Nc2ccccc2N=CC1.CC.CC.CC.CC.CC.CC.CC.CC.CC.CC.CC. The molecule has 0 unspecified atom stereocenters. The Morgan fingerprint density at radius 1 is 0.245 bits per heavy atom. The molecule has 0 spiro atoms. The Morgan fingerprint density at radius 2 is 0.664 bits per heavy atom. The van der Waals surface area contributed by atoms with E-state index in [1.807, 2.05) is 494 Å². The minimum Gasteiger partial charge on any atom is -0.360 e. The zero-order valence-electron chi connectivity index (χ0n) is 88.5. The minimum atomic E-state index is 0.550. The average molecular weight is 1920 g/mol. The van der Waals surface area contributed by atoms with Gasteiger partial charge in [-0.3, -0.25) is 70.3 Å². The van der Waals surface area contributed by atoms with Crippen LogP contribution in [0.3, 0.4) is 0 Å². The number of hydrazone groups is 1. The van der Waals surface area contributed by atoms with Crippen LogP contribution in [0.2, 0.25) is 0 Å². The van der Waals surface area contributed by atoms with Gasteiger partial charge in [0.1, 0.15) is 13.0 Å². The number of allylic oxidation sites excluding steroid dienone is 1. The van der Waals surface area contributed by atoms with Crippen molar-refractivity contribution < 1.29 is 0 Å². The Labute approximate surface area is 856 Å². The van der Waals surface area contributed by atoms with Crippen LogP contribution in [0.1, 0.15) is 237 Å². The quantitative estimate of drug-likeness (QED) is 0.134. The number of azo groups is 1. The van der Waals surface area contributed by atoms with Crippen molar-refractivity contribution in [3.63, 3.8) is 0 Å². The number of nitrogens with zero attached hydrogens (tertiary/aromatic N) is 19. The fourth-order valence-corrected chi connectivity index (χ4v) is 11.7. The molecule has 748 valence electrons. The highest BCUT2D eigenvalue weighted by molar-refractivity contribution is 6.17. The second kappa shape index (κ2) is 88.5. The van der Waals surface area contributed by atoms with E-state index >= 15 is 0 Å². The van der Waals surface area contributed by atoms with Crippen LogP contribution >= 0.6 is 0 Å². The van der Waals surface area contributed by atoms with Gasteiger partial charge >= 0.3 is 0 Å². The Morgan fingerprint density at radius 3 is 1.24 bits per heavy atom. The molecule has 0 saturated carbocycles. The standard InChI is InChI=1S/11C9H8N2.11C2H6/c3*1-2-5-9-8(4-1)10-6-3-7-11-9;2*1-2-4-9-6-11-7-10-5-8(9)3-1;3*1-2-4-9-8(3-1)7-10-5-6-11-9;3*1-2-4-9-7-11-10-6-5-8(9)3-1;11*1-2/h2*1-2,4-7H,3H2;1-7,10H;1-5,7H,6H2;1-6H,7H2;1-4,6-7H,5H2;1-6H,7H2;1-7,11H;1-4,6-7H,5H2;1-6H,7H2;1-7,10H;11*1-2H3. The highest BCUT2D eigenvalue weighted by atomic mass is 15.3. The fraction of sp³-hybridized carbons (Fsp3) is 0.248. The monoisotopic (exact) mass is 1920 g/mol. The topological polar surface area (TPSA) is 271 Å². The summed E-state index contributed by atoms with van der Waals surface area (Å²) in [5.41, 5.74) is 27.2. The van der Waals surface area contributed by atoms with Crippen molar-refractivity contribution in [2.45, 2.75) is 191 Å². The van der Waals surface area contributed by atoms with Gasteiger partial charge in [0.2, 0.25) is 0 Å². The number of para-hydroxylation sites is 9. The first-order valence-electron chi connectivity index (χ1n) is 50.2. The number of rotatable bonds is 0. The Balaban J connectivity index is 0.000000771. The first-order chi connectivity index (χ1) is 71.1. The van der Waals surface area contributed by atoms with E-state index in [1.165, 1.54) is 44.5 Å². The molecule has 0 bridgehead atoms. The third-order valence-electron chi connectivity index (χ3n) is 17.8. The molecule has 11 aliphatic heterocycles. The van der Waals surface area contributed by atoms with Crippen LogP contribution in [0.4, 0.5) is 51.2 Å². The summed E-state index contributed by atoms with van der Waals surface area (Å²) in [6, 6.07) is 88.5. The molecule has 22 heteroatoms. The third-order valence-corrected chi connectivity index (χ3v) is 17.8. The summed E-state index contributed by atoms with van der Waals surface area (Å²) in [5, 5.41) is 25.7. The molecule has 0 radical (unpaired) electrons. The van der Waals surface area contributed by atoms with Crippen molar-refractivity contribution in [1.29, 1.82) is 0 Å². The Hall–Kier alpha value is -16.2. The van der Waals surface area contributed by atoms with E-state index in [0.29, 0.717) is 19.8 Å². The number of nitrogens with one attached hydrogen (secondary N) is 3. The molecule has 0 aliphatic carbocycles. The van der Waals surface area contributed by atoms with Crippen LogP contribution in [0, 0.1) is 0 Å². The van der Waals surface area contributed by atoms with Gasteiger partial charge < -0.3 is 10.6 Å². The lowest BCUT2D eigenvalue weighted by Crippen LogP contribution is -1.90. The largest absolute Gasteiger partial charge is 0.360 e. The first kappa shape index (κ1) is 125. The summed E-state index contributed by atoms with van der Waals surface area (Å²) in [6.07, 6.45) is 48.2. The van der Waals surface area contributed by atoms with Crippen molar-refractivity contribution in [2.75, 3.05) is 23.8 Å². The van der Waals surface area contributed by atoms with Crippen LogP contribution in [-0.4, -0.2) is 119 Å². The number of anilines is 2. The number of benzene rings is 11. The van der Waals surface area contributed by atoms with Gasteiger partial charge in [-0.05, 0) is 117 Å². The molecule has 0 saturated heterocycles. The van der Waals surface area contributed by atoms with E-state index in [1.54, 1.807) is 43.6 Å². The summed E-state index contributed by atoms with van der Waals surface area (Å²) < 4.78 is 0. The van der Waals surface area contributed by atoms with Gasteiger partial charge in [0.25, 0.3) is 0 Å². The van der Waals surface area contributed by atoms with E-state index in [4.69, 9.17) is 0 Å². The second-order valence-electron chi connectivity index (χ2n) is 26.1. The molecule has 0 amide bonds. The molecule has 3 N–H and O–H groups in total. The van der Waals surface area contributed by atoms with Crippen LogP contribution in [0.15, 0.2) is 399 Å². The lowest BCUT2D eigenvalue weighted by molar-refractivity contribution is 0.964. The van der Waals surface area contributed by atoms with E-state index in [9.17, 15) is 0 Å². The summed E-state index contributed by atoms with van der Waals surface area (Å²) in [5.74, 6) is 0. The average Bonchev–Trinajstić information content (AvgIpc) is 1.91. The van der Waals surface area contributed by atoms with Gasteiger partial charge in [-0.2, -0.15) is 25.5 Å². The molecule has 0 fully saturated rings. The van der Waals surface area contributed by atoms with E-state index < -0.39 is 0 Å². The Kier molecular flexibility index (Phi) is 77.2. The molecule has 11 aromatic rings. The first-order valence-corrected chi connectivity index (χ1v) is 50.2. The van der Waals surface area contributed by atoms with Crippen molar-refractivity contribution in [1.82, 2.24) is 5.43 Å². The summed E-state index contributed by atoms with van der Waals surface area (Å²) in [6.45, 7) is 47.4. The molecule has 22 nitrogen and oxygen atoms in total. The fourth-order valence-electron chi connectivity index (χ4n) is 11.7. The van der Waals surface area contributed by atoms with Gasteiger partial charge in [-0.1, -0.05) is 365 Å². The third kappa shape index (κ3) is 51.8. The normalized spacial score (nSPS) is 12.3. The summed E-state index contributed by atoms with van der Waals surface area (Å²) in [4.78, 5) is 58.2. The molecular weight excluding hydrogens is 1760 g/mol. The predicted molar refractivity (Wildman–Crippen MR) is 637 cm³/mol. The molecular formula is C121H154N22. The van der Waals surface area contributed by atoms with E-state index in [0.717, 1.165) is 111 Å². The van der Waals surface area contributed by atoms with Gasteiger partial charge in [0.15, 0.2) is 0 Å². The molecule has 11 heterocycles. The molecule has 22 rings (SSSR count). The number of aliphatic imine (C=N–C) groups is 14. The highest BCUT2D eigenvalue weighted by Crippen LogP contribution is 2.30. The molecule has 0 aromatic heterocycles. The second-order valence-corrected chi connectivity index (χ2v) is 26.1. The van der Waals surface area contributed by atoms with Gasteiger partial charge in [0, 0.05) is 171 Å². The Bertz CT molecular complexity index is 4900. The summed E-state index contributed by atoms with van der Waals surface area (Å²) in [7, 11) is 0. The van der Waals surface area contributed by atoms with Crippen LogP contribution < -0.4 is 16.1 Å². The van der Waals surface area contributed by atoms with Gasteiger partial charge in [0.05, 0.1) is 84.1 Å². The molecule has 11 aromatic carbocycles. The number of fused-ring (bicyclic) bond motifs is 11. The van der Waals surface area contributed by atoms with Crippen molar-refractivity contribution >= 4 is 169 Å². The van der Waals surface area contributed by atoms with Gasteiger partial charge in [-0.25, -0.2) is 4.99 Å². The van der Waals surface area contributed by atoms with Crippen molar-refractivity contribution in [3.8, 4) is 0 Å². The lowest BCUT2D eigenvalue weighted by atomic mass is 10.1. The number of hydrogen-bond acceptors (Lipinski definition) is 22. The van der Waals surface area contributed by atoms with Crippen molar-refractivity contribution in [3.05, 3.63) is 376 Å². The summed E-state index contributed by atoms with van der Waals surface area (Å²) >= 11 is 0. The predicted octanol–water partition coefficient (Wildman–Crippen LogP) is 33.4. The zero-order valence-corrected chi connectivity index (χ0v) is 88.5. The maximum absolute atomic E-state index is 4.24. The molecule has 0 atom stereocenters. The highest BCUT2D eigenvalue weighted by Gasteiger charge is 2.07. The van der Waals surface area contributed by atoms with E-state index in [2.05, 4.69) is 148 Å². The maximum Gasteiger partial charge on any atom is 0.129 e. The van der Waals surface area contributed by atoms with Crippen LogP contribution in [0.25, 0.3) is 12.2 Å². The van der Waals surface area contributed by atoms with Crippen molar-refractivity contribution in [2.24, 2.45) is 95.4 Å². The lowest BCUT2D eigenvalue weighted by Gasteiger charge is -2.01. The molecule has 143 heavy (non-hydrogen) atoms. The smallest absolute Gasteiger partial charge is 0.129 e.